The summed E-state index contributed by atoms with van der Waals surface area (Å²) >= 11 is 0. The third-order valence-electron chi connectivity index (χ3n) is 4.60. The molecule has 202 valence electrons. The van der Waals surface area contributed by atoms with Crippen LogP contribution in [-0.2, 0) is 31.3 Å². The molecule has 2 aromatic rings. The van der Waals surface area contributed by atoms with Crippen LogP contribution >= 0.6 is 0 Å². The molecule has 2 aromatic carbocycles. The van der Waals surface area contributed by atoms with Gasteiger partial charge in [0.2, 0.25) is 0 Å². The topological polar surface area (TPSA) is 151 Å². The van der Waals surface area contributed by atoms with E-state index in [0.29, 0.717) is 0 Å². The minimum absolute atomic E-state index is 0. The molecule has 2 fully saturated rings. The summed E-state index contributed by atoms with van der Waals surface area (Å²) in [5, 5.41) is 18.3. The van der Waals surface area contributed by atoms with Crippen LogP contribution in [0.4, 0.5) is 0 Å². The Morgan fingerprint density at radius 1 is 0.590 bits per heavy atom. The summed E-state index contributed by atoms with van der Waals surface area (Å²) in [7, 11) is 0. The van der Waals surface area contributed by atoms with Gasteiger partial charge in [-0.05, 0) is 100 Å². The van der Waals surface area contributed by atoms with Crippen molar-refractivity contribution in [3.05, 3.63) is 124 Å². The summed E-state index contributed by atoms with van der Waals surface area (Å²) in [4.78, 5) is 18.3. The number of carbonyl (C=O) groups excluding carboxylic acids is 2. The van der Waals surface area contributed by atoms with E-state index >= 15 is 0 Å². The van der Waals surface area contributed by atoms with Gasteiger partial charge in [0.1, 0.15) is 11.5 Å². The van der Waals surface area contributed by atoms with Gasteiger partial charge in [-0.1, -0.05) is 36.4 Å². The Morgan fingerprint density at radius 3 is 1.13 bits per heavy atom. The quantitative estimate of drug-likeness (QED) is 0.406. The molecule has 0 bridgehead atoms. The van der Waals surface area contributed by atoms with E-state index in [2.05, 4.69) is 62.8 Å². The first kappa shape index (κ1) is 36.6. The Balaban J connectivity index is 0.000000545. The van der Waals surface area contributed by atoms with Crippen LogP contribution in [0.5, 0.6) is 11.5 Å². The van der Waals surface area contributed by atoms with E-state index in [1.54, 1.807) is 0 Å². The van der Waals surface area contributed by atoms with Gasteiger partial charge >= 0.3 is 21.7 Å². The Morgan fingerprint density at radius 2 is 0.872 bits per heavy atom. The van der Waals surface area contributed by atoms with Crippen LogP contribution in [0.3, 0.4) is 0 Å². The zero-order valence-corrected chi connectivity index (χ0v) is 23.3. The van der Waals surface area contributed by atoms with Gasteiger partial charge in [0, 0.05) is 13.1 Å². The molecular formula is C30H34N2O6Ti+2. The van der Waals surface area contributed by atoms with Gasteiger partial charge in [-0.2, -0.15) is 0 Å². The molecule has 0 aliphatic heterocycles. The minimum atomic E-state index is -1.22. The molecule has 2 aliphatic carbocycles. The predicted octanol–water partition coefficient (Wildman–Crippen LogP) is 1.11. The van der Waals surface area contributed by atoms with Gasteiger partial charge in [-0.15, -0.1) is 0 Å². The average molecular weight is 566 g/mol. The van der Waals surface area contributed by atoms with Crippen molar-refractivity contribution in [2.45, 2.75) is 12.8 Å². The van der Waals surface area contributed by atoms with Gasteiger partial charge in [0.25, 0.3) is 0 Å². The Hall–Kier alpha value is -2.39. The molecule has 0 heterocycles. The Labute approximate surface area is 248 Å². The van der Waals surface area contributed by atoms with Gasteiger partial charge in [-0.3, -0.25) is 0 Å². The third-order valence-corrected chi connectivity index (χ3v) is 4.60. The predicted molar refractivity (Wildman–Crippen MR) is 142 cm³/mol. The second-order valence-corrected chi connectivity index (χ2v) is 7.56. The number of rotatable bonds is 10. The van der Waals surface area contributed by atoms with E-state index in [-0.39, 0.29) is 34.8 Å². The van der Waals surface area contributed by atoms with E-state index in [0.717, 1.165) is 37.6 Å². The van der Waals surface area contributed by atoms with Crippen LogP contribution in [0.15, 0.2) is 60.7 Å². The summed E-state index contributed by atoms with van der Waals surface area (Å²) in [5.41, 5.74) is 9.02. The maximum Gasteiger partial charge on any atom is 4.00 e. The number of hydrogen-bond donors (Lipinski definition) is 2. The van der Waals surface area contributed by atoms with Crippen LogP contribution in [0.2, 0.25) is 0 Å². The number of nitrogens with two attached hydrogens (primary N) is 2. The SMILES string of the molecule is NCC(=O)[O-].NCC(=O)[O-].[CH]1[CH][CH][C](CCOc2ccccc2)[CH]1.[CH]1[CH][CH][C](CCOc2ccccc2)[CH]1.[Ti+4]. The molecule has 0 amide bonds. The number of hydrogen-bond acceptors (Lipinski definition) is 8. The zero-order chi connectivity index (χ0) is 27.8. The largest absolute Gasteiger partial charge is 4.00 e. The maximum atomic E-state index is 9.13. The molecule has 0 unspecified atom stereocenters. The van der Waals surface area contributed by atoms with E-state index in [4.69, 9.17) is 29.3 Å². The van der Waals surface area contributed by atoms with Crippen molar-refractivity contribution < 1.29 is 51.0 Å². The van der Waals surface area contributed by atoms with Gasteiger partial charge in [0.15, 0.2) is 0 Å². The number of para-hydroxylation sites is 2. The molecule has 0 spiro atoms. The summed E-state index contributed by atoms with van der Waals surface area (Å²) in [6.07, 6.45) is 18.6. The van der Waals surface area contributed by atoms with Crippen LogP contribution in [-0.4, -0.2) is 38.2 Å². The molecule has 8 nitrogen and oxygen atoms in total. The first-order valence-electron chi connectivity index (χ1n) is 12.0. The summed E-state index contributed by atoms with van der Waals surface area (Å²) in [6, 6.07) is 19.8. The first-order valence-corrected chi connectivity index (χ1v) is 12.0. The monoisotopic (exact) mass is 566 g/mol. The number of carboxylic acid groups (broad SMARTS) is 2. The number of carbonyl (C=O) groups is 2. The Kier molecular flexibility index (Phi) is 23.1. The van der Waals surface area contributed by atoms with Crippen LogP contribution < -0.4 is 31.2 Å². The summed E-state index contributed by atoms with van der Waals surface area (Å²) < 4.78 is 11.2. The van der Waals surface area contributed by atoms with Crippen LogP contribution in [0.1, 0.15) is 12.8 Å². The maximum absolute atomic E-state index is 9.13. The summed E-state index contributed by atoms with van der Waals surface area (Å²) in [5.74, 6) is 2.12. The van der Waals surface area contributed by atoms with Crippen molar-refractivity contribution in [3.8, 4) is 11.5 Å². The number of benzene rings is 2. The standard InChI is InChI=1S/2C13H13O.2C2H5NO2.Ti/c2*1-2-8-13(9-3-1)14-11-10-12-6-4-5-7-12;2*3-1-2(4)5;/h2*1-9H,10-11H2;2*1,3H2,(H,4,5);/q;;;;+4/p-2. The molecule has 2 saturated carbocycles. The number of ether oxygens (including phenoxy) is 2. The molecule has 0 atom stereocenters. The van der Waals surface area contributed by atoms with Crippen LogP contribution in [0, 0.1) is 63.2 Å². The van der Waals surface area contributed by atoms with Gasteiger partial charge in [0.05, 0.1) is 25.2 Å². The third kappa shape index (κ3) is 21.2. The van der Waals surface area contributed by atoms with Crippen molar-refractivity contribution in [2.24, 2.45) is 11.5 Å². The van der Waals surface area contributed by atoms with Crippen molar-refractivity contribution in [1.29, 1.82) is 0 Å². The fourth-order valence-corrected chi connectivity index (χ4v) is 2.77. The number of aliphatic carboxylic acids is 2. The fourth-order valence-electron chi connectivity index (χ4n) is 2.77. The normalized spacial score (nSPS) is 14.2. The molecule has 9 heteroatoms. The molecule has 4 N–H and O–H groups in total. The molecule has 2 aliphatic rings. The van der Waals surface area contributed by atoms with Gasteiger partial charge < -0.3 is 40.7 Å². The van der Waals surface area contributed by atoms with Crippen LogP contribution in [0.25, 0.3) is 0 Å². The molecule has 0 aromatic heterocycles. The Bertz CT molecular complexity index is 774. The van der Waals surface area contributed by atoms with E-state index in [1.807, 2.05) is 60.7 Å². The van der Waals surface area contributed by atoms with Gasteiger partial charge in [-0.25, -0.2) is 0 Å². The molecule has 4 rings (SSSR count). The number of carboxylic acids is 2. The summed E-state index contributed by atoms with van der Waals surface area (Å²) in [6.45, 7) is 0.710. The molecule has 10 radical (unpaired) electrons. The smallest absolute Gasteiger partial charge is 0.549 e. The second kappa shape index (κ2) is 24.6. The zero-order valence-electron chi connectivity index (χ0n) is 21.7. The molecular weight excluding hydrogens is 532 g/mol. The molecule has 0 saturated heterocycles. The van der Waals surface area contributed by atoms with Crippen molar-refractivity contribution >= 4 is 11.9 Å². The van der Waals surface area contributed by atoms with Crippen molar-refractivity contribution in [1.82, 2.24) is 0 Å². The van der Waals surface area contributed by atoms with E-state index in [9.17, 15) is 0 Å². The fraction of sp³-hybridized carbons (Fsp3) is 0.200. The first-order chi connectivity index (χ1) is 18.4. The molecule has 39 heavy (non-hydrogen) atoms. The average Bonchev–Trinajstić information content (AvgIpc) is 3.66. The van der Waals surface area contributed by atoms with Crippen molar-refractivity contribution in [2.75, 3.05) is 26.3 Å². The van der Waals surface area contributed by atoms with Crippen molar-refractivity contribution in [3.63, 3.8) is 0 Å². The minimum Gasteiger partial charge on any atom is -0.549 e. The second-order valence-electron chi connectivity index (χ2n) is 7.56. The van der Waals surface area contributed by atoms with E-state index < -0.39 is 11.9 Å². The van der Waals surface area contributed by atoms with E-state index in [1.165, 1.54) is 11.8 Å².